The molecule has 4 rings (SSSR count). The first kappa shape index (κ1) is 21.4. The van der Waals surface area contributed by atoms with Crippen LogP contribution in [0.3, 0.4) is 0 Å². The fraction of sp³-hybridized carbons (Fsp3) is 0.0741. The molecular weight excluding hydrogens is 409 g/mol. The average molecular weight is 430 g/mol. The smallest absolute Gasteiger partial charge is 0.366 e. The van der Waals surface area contributed by atoms with E-state index in [4.69, 9.17) is 0 Å². The molecule has 0 aliphatic heterocycles. The van der Waals surface area contributed by atoms with Gasteiger partial charge >= 0.3 is 6.18 Å². The zero-order chi connectivity index (χ0) is 22.6. The van der Waals surface area contributed by atoms with Gasteiger partial charge in [0.2, 0.25) is 0 Å². The van der Waals surface area contributed by atoms with E-state index < -0.39 is 11.7 Å². The minimum Gasteiger partial charge on any atom is -0.366 e. The first-order valence-electron chi connectivity index (χ1n) is 10.1. The van der Waals surface area contributed by atoms with Crippen LogP contribution in [0.25, 0.3) is 29.1 Å². The SMILES string of the molecule is C=Cc1cc(NCc2ccc(C(F)(F)F)cc2)nc2ccc(/C=C/c3ccccc3)cc12. The van der Waals surface area contributed by atoms with E-state index in [1.807, 2.05) is 48.5 Å². The number of aromatic nitrogens is 1. The van der Waals surface area contributed by atoms with Crippen LogP contribution < -0.4 is 5.32 Å². The van der Waals surface area contributed by atoms with Crippen LogP contribution in [-0.2, 0) is 12.7 Å². The van der Waals surface area contributed by atoms with Crippen molar-refractivity contribution in [2.45, 2.75) is 12.7 Å². The monoisotopic (exact) mass is 430 g/mol. The highest BCUT2D eigenvalue weighted by atomic mass is 19.4. The van der Waals surface area contributed by atoms with Crippen molar-refractivity contribution >= 4 is 34.9 Å². The van der Waals surface area contributed by atoms with E-state index in [-0.39, 0.29) is 0 Å². The molecule has 0 atom stereocenters. The summed E-state index contributed by atoms with van der Waals surface area (Å²) in [5, 5.41) is 4.17. The molecule has 1 aromatic heterocycles. The number of pyridine rings is 1. The fourth-order valence-electron chi connectivity index (χ4n) is 3.39. The third kappa shape index (κ3) is 5.06. The molecule has 0 aliphatic rings. The maximum absolute atomic E-state index is 12.7. The number of nitrogens with zero attached hydrogens (tertiary/aromatic N) is 1. The molecule has 2 nitrogen and oxygen atoms in total. The lowest BCUT2D eigenvalue weighted by Crippen LogP contribution is -2.06. The highest BCUT2D eigenvalue weighted by Gasteiger charge is 2.29. The molecule has 0 fully saturated rings. The Morgan fingerprint density at radius 2 is 1.56 bits per heavy atom. The molecule has 32 heavy (non-hydrogen) atoms. The van der Waals surface area contributed by atoms with E-state index in [0.717, 1.165) is 45.3 Å². The molecule has 0 saturated carbocycles. The van der Waals surface area contributed by atoms with Crippen molar-refractivity contribution in [1.82, 2.24) is 4.98 Å². The largest absolute Gasteiger partial charge is 0.416 e. The zero-order valence-electron chi connectivity index (χ0n) is 17.2. The summed E-state index contributed by atoms with van der Waals surface area (Å²) in [7, 11) is 0. The number of rotatable bonds is 6. The number of benzene rings is 3. The number of hydrogen-bond acceptors (Lipinski definition) is 2. The van der Waals surface area contributed by atoms with E-state index >= 15 is 0 Å². The Labute approximate surface area is 184 Å². The van der Waals surface area contributed by atoms with Gasteiger partial charge in [-0.05, 0) is 52.6 Å². The summed E-state index contributed by atoms with van der Waals surface area (Å²) >= 11 is 0. The van der Waals surface area contributed by atoms with E-state index in [1.54, 1.807) is 6.08 Å². The number of halogens is 3. The number of alkyl halides is 3. The van der Waals surface area contributed by atoms with Crippen molar-refractivity contribution in [2.24, 2.45) is 0 Å². The molecule has 1 N–H and O–H groups in total. The molecule has 4 aromatic rings. The van der Waals surface area contributed by atoms with Crippen molar-refractivity contribution < 1.29 is 13.2 Å². The van der Waals surface area contributed by atoms with E-state index in [9.17, 15) is 13.2 Å². The molecule has 0 radical (unpaired) electrons. The molecule has 0 spiro atoms. The number of fused-ring (bicyclic) bond motifs is 1. The molecule has 3 aromatic carbocycles. The van der Waals surface area contributed by atoms with Gasteiger partial charge in [0.1, 0.15) is 5.82 Å². The van der Waals surface area contributed by atoms with Crippen LogP contribution in [0.15, 0.2) is 85.4 Å². The quantitative estimate of drug-likeness (QED) is 0.317. The molecule has 0 amide bonds. The molecular formula is C27H21F3N2. The number of hydrogen-bond donors (Lipinski definition) is 1. The Morgan fingerprint density at radius 3 is 2.25 bits per heavy atom. The van der Waals surface area contributed by atoms with Crippen LogP contribution in [0.2, 0.25) is 0 Å². The highest BCUT2D eigenvalue weighted by Crippen LogP contribution is 2.29. The standard InChI is InChI=1S/C27H21F3N2/c1-2-22-17-26(31-18-21-10-13-23(14-11-21)27(28,29)30)32-25-15-12-20(16-24(22)25)9-8-19-6-4-3-5-7-19/h2-17H,1,18H2,(H,31,32)/b9-8+. The third-order valence-corrected chi connectivity index (χ3v) is 5.11. The summed E-state index contributed by atoms with van der Waals surface area (Å²) in [6.07, 6.45) is 1.55. The molecule has 5 heteroatoms. The van der Waals surface area contributed by atoms with Gasteiger partial charge in [-0.3, -0.25) is 0 Å². The van der Waals surface area contributed by atoms with E-state index in [0.29, 0.717) is 12.4 Å². The topological polar surface area (TPSA) is 24.9 Å². The van der Waals surface area contributed by atoms with Crippen molar-refractivity contribution in [3.8, 4) is 0 Å². The predicted molar refractivity (Wildman–Crippen MR) is 126 cm³/mol. The Bertz CT molecular complexity index is 1260. The maximum atomic E-state index is 12.7. The first-order valence-corrected chi connectivity index (χ1v) is 10.1. The Balaban J connectivity index is 1.53. The summed E-state index contributed by atoms with van der Waals surface area (Å²) in [4.78, 5) is 4.65. The van der Waals surface area contributed by atoms with Gasteiger partial charge in [0.05, 0.1) is 11.1 Å². The molecule has 0 saturated heterocycles. The van der Waals surface area contributed by atoms with Gasteiger partial charge in [-0.2, -0.15) is 13.2 Å². The Morgan fingerprint density at radius 1 is 0.844 bits per heavy atom. The minimum absolute atomic E-state index is 0.366. The van der Waals surface area contributed by atoms with Gasteiger partial charge in [-0.1, -0.05) is 73.3 Å². The van der Waals surface area contributed by atoms with E-state index in [2.05, 4.69) is 35.1 Å². The van der Waals surface area contributed by atoms with Gasteiger partial charge in [0, 0.05) is 11.9 Å². The lowest BCUT2D eigenvalue weighted by molar-refractivity contribution is -0.137. The van der Waals surface area contributed by atoms with Gasteiger partial charge in [-0.15, -0.1) is 0 Å². The molecule has 0 aliphatic carbocycles. The van der Waals surface area contributed by atoms with Crippen LogP contribution in [0.5, 0.6) is 0 Å². The highest BCUT2D eigenvalue weighted by molar-refractivity contribution is 5.91. The van der Waals surface area contributed by atoms with Crippen LogP contribution >= 0.6 is 0 Å². The summed E-state index contributed by atoms with van der Waals surface area (Å²) in [6.45, 7) is 4.28. The first-order chi connectivity index (χ1) is 15.4. The van der Waals surface area contributed by atoms with Crippen molar-refractivity contribution in [3.05, 3.63) is 113 Å². The number of nitrogens with one attached hydrogen (secondary N) is 1. The van der Waals surface area contributed by atoms with Gasteiger partial charge < -0.3 is 5.32 Å². The second-order valence-electron chi connectivity index (χ2n) is 7.37. The van der Waals surface area contributed by atoms with Crippen LogP contribution in [0.1, 0.15) is 27.8 Å². The minimum atomic E-state index is -4.33. The predicted octanol–water partition coefficient (Wildman–Crippen LogP) is 7.68. The summed E-state index contributed by atoms with van der Waals surface area (Å²) in [6, 6.07) is 23.1. The van der Waals surface area contributed by atoms with E-state index in [1.165, 1.54) is 12.1 Å². The molecule has 160 valence electrons. The molecule has 0 unspecified atom stereocenters. The van der Waals surface area contributed by atoms with Gasteiger partial charge in [-0.25, -0.2) is 4.98 Å². The molecule has 1 heterocycles. The third-order valence-electron chi connectivity index (χ3n) is 5.11. The lowest BCUT2D eigenvalue weighted by atomic mass is 10.0. The average Bonchev–Trinajstić information content (AvgIpc) is 2.81. The van der Waals surface area contributed by atoms with Gasteiger partial charge in [0.15, 0.2) is 0 Å². The Hall–Kier alpha value is -3.86. The summed E-state index contributed by atoms with van der Waals surface area (Å²) in [5.74, 6) is 0.639. The second kappa shape index (κ2) is 9.10. The lowest BCUT2D eigenvalue weighted by Gasteiger charge is -2.11. The van der Waals surface area contributed by atoms with Crippen molar-refractivity contribution in [2.75, 3.05) is 5.32 Å². The Kier molecular flexibility index (Phi) is 6.08. The summed E-state index contributed by atoms with van der Waals surface area (Å²) < 4.78 is 38.2. The summed E-state index contributed by atoms with van der Waals surface area (Å²) in [5.41, 5.74) is 4.00. The normalized spacial score (nSPS) is 11.7. The van der Waals surface area contributed by atoms with Crippen LogP contribution in [0, 0.1) is 0 Å². The van der Waals surface area contributed by atoms with Crippen LogP contribution in [-0.4, -0.2) is 4.98 Å². The van der Waals surface area contributed by atoms with Crippen molar-refractivity contribution in [3.63, 3.8) is 0 Å². The fourth-order valence-corrected chi connectivity index (χ4v) is 3.39. The number of anilines is 1. The van der Waals surface area contributed by atoms with Crippen LogP contribution in [0.4, 0.5) is 19.0 Å². The van der Waals surface area contributed by atoms with Crippen molar-refractivity contribution in [1.29, 1.82) is 0 Å². The molecule has 0 bridgehead atoms. The maximum Gasteiger partial charge on any atom is 0.416 e. The second-order valence-corrected chi connectivity index (χ2v) is 7.37. The van der Waals surface area contributed by atoms with Gasteiger partial charge in [0.25, 0.3) is 0 Å². The zero-order valence-corrected chi connectivity index (χ0v) is 17.2.